The summed E-state index contributed by atoms with van der Waals surface area (Å²) in [6.45, 7) is 1.93. The summed E-state index contributed by atoms with van der Waals surface area (Å²) in [5.41, 5.74) is 0.382. The summed E-state index contributed by atoms with van der Waals surface area (Å²) in [6, 6.07) is 10.3. The molecule has 0 radical (unpaired) electrons. The van der Waals surface area contributed by atoms with Crippen molar-refractivity contribution in [1.82, 2.24) is 25.4 Å². The lowest BCUT2D eigenvalue weighted by Crippen LogP contribution is -1.90. The zero-order valence-corrected chi connectivity index (χ0v) is 14.6. The average Bonchev–Trinajstić information content (AvgIpc) is 3.36. The zero-order valence-electron chi connectivity index (χ0n) is 13.0. The van der Waals surface area contributed by atoms with Crippen LogP contribution >= 0.6 is 23.1 Å². The highest BCUT2D eigenvalue weighted by Crippen LogP contribution is 2.34. The number of thiophene rings is 1. The first kappa shape index (κ1) is 16.0. The van der Waals surface area contributed by atoms with Gasteiger partial charge in [-0.3, -0.25) is 5.10 Å². The van der Waals surface area contributed by atoms with Gasteiger partial charge in [-0.1, -0.05) is 30.0 Å². The number of hydrogen-bond donors (Lipinski definition) is 1. The first-order valence-corrected chi connectivity index (χ1v) is 9.18. The monoisotopic (exact) mass is 373 g/mol. The molecular formula is C16H12FN5OS2. The molecule has 3 heterocycles. The van der Waals surface area contributed by atoms with E-state index in [0.717, 1.165) is 4.88 Å². The minimum absolute atomic E-state index is 0.134. The summed E-state index contributed by atoms with van der Waals surface area (Å²) >= 11 is 2.90. The van der Waals surface area contributed by atoms with Gasteiger partial charge < -0.3 is 4.42 Å². The second-order valence-corrected chi connectivity index (χ2v) is 7.38. The minimum atomic E-state index is -0.347. The predicted molar refractivity (Wildman–Crippen MR) is 93.7 cm³/mol. The number of hydrogen-bond acceptors (Lipinski definition) is 7. The Balaban J connectivity index is 1.50. The zero-order chi connectivity index (χ0) is 17.2. The van der Waals surface area contributed by atoms with E-state index in [1.807, 2.05) is 24.4 Å². The number of aromatic nitrogens is 5. The molecule has 1 atom stereocenters. The van der Waals surface area contributed by atoms with E-state index >= 15 is 0 Å². The van der Waals surface area contributed by atoms with Crippen LogP contribution in [0.5, 0.6) is 0 Å². The molecule has 0 unspecified atom stereocenters. The van der Waals surface area contributed by atoms with Crippen LogP contribution in [0.15, 0.2) is 51.4 Å². The molecule has 126 valence electrons. The van der Waals surface area contributed by atoms with Gasteiger partial charge in [0.15, 0.2) is 5.82 Å². The van der Waals surface area contributed by atoms with Gasteiger partial charge >= 0.3 is 0 Å². The van der Waals surface area contributed by atoms with Gasteiger partial charge in [0, 0.05) is 0 Å². The van der Waals surface area contributed by atoms with Gasteiger partial charge in [-0.05, 0) is 30.5 Å². The standard InChI is InChI=1S/C16H12FN5OS2/c1-9(14-20-21-15(23-14)12-7-4-8-24-12)25-16-18-13(19-22-16)10-5-2-3-6-11(10)17/h2-9H,1H3,(H,18,19,22)/t9-/m0/s1. The van der Waals surface area contributed by atoms with E-state index in [-0.39, 0.29) is 11.1 Å². The summed E-state index contributed by atoms with van der Waals surface area (Å²) in [4.78, 5) is 5.26. The first-order valence-electron chi connectivity index (χ1n) is 7.42. The van der Waals surface area contributed by atoms with Crippen molar-refractivity contribution < 1.29 is 8.81 Å². The van der Waals surface area contributed by atoms with E-state index < -0.39 is 0 Å². The number of rotatable bonds is 5. The van der Waals surface area contributed by atoms with Gasteiger partial charge in [0.1, 0.15) is 5.82 Å². The molecule has 0 bridgehead atoms. The molecule has 3 aromatic heterocycles. The first-order chi connectivity index (χ1) is 12.2. The van der Waals surface area contributed by atoms with E-state index in [1.165, 1.54) is 29.2 Å². The molecule has 0 amide bonds. The fraction of sp³-hybridized carbons (Fsp3) is 0.125. The third-order valence-corrected chi connectivity index (χ3v) is 5.20. The average molecular weight is 373 g/mol. The lowest BCUT2D eigenvalue weighted by atomic mass is 10.2. The van der Waals surface area contributed by atoms with Crippen LogP contribution in [0, 0.1) is 5.82 Å². The normalized spacial score (nSPS) is 12.4. The number of halogens is 1. The van der Waals surface area contributed by atoms with Gasteiger partial charge in [-0.15, -0.1) is 26.6 Å². The Bertz CT molecular complexity index is 982. The maximum absolute atomic E-state index is 13.8. The Morgan fingerprint density at radius 2 is 2.08 bits per heavy atom. The van der Waals surface area contributed by atoms with Crippen molar-refractivity contribution in [3.05, 3.63) is 53.5 Å². The number of nitrogens with one attached hydrogen (secondary N) is 1. The molecule has 0 fully saturated rings. The molecule has 9 heteroatoms. The van der Waals surface area contributed by atoms with Crippen LogP contribution in [-0.4, -0.2) is 25.4 Å². The number of thioether (sulfide) groups is 1. The van der Waals surface area contributed by atoms with Crippen LogP contribution < -0.4 is 0 Å². The lowest BCUT2D eigenvalue weighted by molar-refractivity contribution is 0.510. The summed E-state index contributed by atoms with van der Waals surface area (Å²) in [5, 5.41) is 17.4. The molecule has 4 aromatic rings. The van der Waals surface area contributed by atoms with Crippen LogP contribution in [0.1, 0.15) is 18.1 Å². The summed E-state index contributed by atoms with van der Waals surface area (Å²) < 4.78 is 19.5. The molecule has 0 spiro atoms. The highest BCUT2D eigenvalue weighted by Gasteiger charge is 2.19. The van der Waals surface area contributed by atoms with Crippen molar-refractivity contribution in [2.45, 2.75) is 17.3 Å². The Kier molecular flexibility index (Phi) is 4.33. The van der Waals surface area contributed by atoms with Crippen LogP contribution in [0.3, 0.4) is 0 Å². The van der Waals surface area contributed by atoms with Gasteiger partial charge in [-0.25, -0.2) is 9.37 Å². The Morgan fingerprint density at radius 3 is 2.88 bits per heavy atom. The second-order valence-electron chi connectivity index (χ2n) is 5.13. The second kappa shape index (κ2) is 6.77. The lowest BCUT2D eigenvalue weighted by Gasteiger charge is -2.01. The van der Waals surface area contributed by atoms with Gasteiger partial charge in [-0.2, -0.15) is 0 Å². The number of H-pyrrole nitrogens is 1. The van der Waals surface area contributed by atoms with Gasteiger partial charge in [0.05, 0.1) is 15.7 Å². The minimum Gasteiger partial charge on any atom is -0.419 e. The molecule has 1 N–H and O–H groups in total. The summed E-state index contributed by atoms with van der Waals surface area (Å²) in [6.07, 6.45) is 0. The van der Waals surface area contributed by atoms with Gasteiger partial charge in [0.2, 0.25) is 11.0 Å². The summed E-state index contributed by atoms with van der Waals surface area (Å²) in [5.74, 6) is 1.03. The molecular weight excluding hydrogens is 361 g/mol. The van der Waals surface area contributed by atoms with Crippen LogP contribution in [0.4, 0.5) is 4.39 Å². The Labute approximate surface area is 150 Å². The number of benzene rings is 1. The van der Waals surface area contributed by atoms with Crippen LogP contribution in [-0.2, 0) is 0 Å². The quantitative estimate of drug-likeness (QED) is 0.516. The molecule has 0 saturated carbocycles. The maximum Gasteiger partial charge on any atom is 0.257 e. The van der Waals surface area contributed by atoms with E-state index in [1.54, 1.807) is 18.2 Å². The highest BCUT2D eigenvalue weighted by molar-refractivity contribution is 7.99. The van der Waals surface area contributed by atoms with Crippen molar-refractivity contribution in [2.24, 2.45) is 0 Å². The van der Waals surface area contributed by atoms with Crippen molar-refractivity contribution in [3.8, 4) is 22.2 Å². The molecule has 25 heavy (non-hydrogen) atoms. The van der Waals surface area contributed by atoms with Crippen molar-refractivity contribution in [2.75, 3.05) is 0 Å². The fourth-order valence-electron chi connectivity index (χ4n) is 2.18. The van der Waals surface area contributed by atoms with E-state index in [9.17, 15) is 4.39 Å². The third-order valence-electron chi connectivity index (χ3n) is 3.40. The Hall–Kier alpha value is -2.52. The fourth-order valence-corrected chi connectivity index (χ4v) is 3.58. The van der Waals surface area contributed by atoms with Crippen LogP contribution in [0.2, 0.25) is 0 Å². The van der Waals surface area contributed by atoms with Crippen molar-refractivity contribution >= 4 is 23.1 Å². The summed E-state index contributed by atoms with van der Waals surface area (Å²) in [7, 11) is 0. The predicted octanol–water partition coefficient (Wildman–Crippen LogP) is 4.58. The molecule has 4 rings (SSSR count). The number of aromatic amines is 1. The highest BCUT2D eigenvalue weighted by atomic mass is 32.2. The third kappa shape index (κ3) is 3.33. The topological polar surface area (TPSA) is 80.5 Å². The van der Waals surface area contributed by atoms with Crippen molar-refractivity contribution in [1.29, 1.82) is 0 Å². The van der Waals surface area contributed by atoms with E-state index in [2.05, 4.69) is 25.4 Å². The largest absolute Gasteiger partial charge is 0.419 e. The molecule has 6 nitrogen and oxygen atoms in total. The Morgan fingerprint density at radius 1 is 1.20 bits per heavy atom. The SMILES string of the molecule is C[C@H](Sc1n[nH]c(-c2ccccc2F)n1)c1nnc(-c2cccs2)o1. The molecule has 0 aliphatic carbocycles. The number of nitrogens with zero attached hydrogens (tertiary/aromatic N) is 4. The molecule has 0 aliphatic rings. The van der Waals surface area contributed by atoms with Gasteiger partial charge in [0.25, 0.3) is 5.89 Å². The maximum atomic E-state index is 13.8. The van der Waals surface area contributed by atoms with E-state index in [4.69, 9.17) is 4.42 Å². The van der Waals surface area contributed by atoms with Crippen LogP contribution in [0.25, 0.3) is 22.2 Å². The molecule has 0 aliphatic heterocycles. The smallest absolute Gasteiger partial charge is 0.257 e. The molecule has 1 aromatic carbocycles. The van der Waals surface area contributed by atoms with Crippen molar-refractivity contribution in [3.63, 3.8) is 0 Å². The molecule has 0 saturated heterocycles. The van der Waals surface area contributed by atoms with E-state index in [0.29, 0.717) is 28.3 Å².